The van der Waals surface area contributed by atoms with Crippen LogP contribution in [0.1, 0.15) is 12.0 Å². The molecule has 0 aliphatic carbocycles. The van der Waals surface area contributed by atoms with Crippen LogP contribution in [-0.4, -0.2) is 5.97 Å². The lowest BCUT2D eigenvalue weighted by Crippen LogP contribution is -2.08. The molecule has 0 saturated heterocycles. The van der Waals surface area contributed by atoms with E-state index < -0.39 is 5.63 Å². The van der Waals surface area contributed by atoms with Crippen molar-refractivity contribution >= 4 is 28.3 Å². The summed E-state index contributed by atoms with van der Waals surface area (Å²) in [7, 11) is 0. The summed E-state index contributed by atoms with van der Waals surface area (Å²) < 4.78 is 10.3. The van der Waals surface area contributed by atoms with Crippen molar-refractivity contribution in [1.82, 2.24) is 0 Å². The maximum Gasteiger partial charge on any atom is 0.336 e. The molecule has 0 radical (unpaired) electrons. The van der Waals surface area contributed by atoms with Gasteiger partial charge in [0.25, 0.3) is 0 Å². The lowest BCUT2D eigenvalue weighted by molar-refractivity contribution is -0.134. The van der Waals surface area contributed by atoms with Crippen LogP contribution in [0.2, 0.25) is 0 Å². The Kier molecular flexibility index (Phi) is 3.83. The average molecular weight is 300 g/mol. The minimum Gasteiger partial charge on any atom is -0.426 e. The normalized spacial score (nSPS) is 10.7. The van der Waals surface area contributed by atoms with Gasteiger partial charge in [0, 0.05) is 17.5 Å². The molecule has 0 fully saturated rings. The second kappa shape index (κ2) is 5.93. The predicted molar refractivity (Wildman–Crippen MR) is 80.8 cm³/mol. The molecule has 21 heavy (non-hydrogen) atoms. The van der Waals surface area contributed by atoms with Crippen LogP contribution in [0, 0.1) is 0 Å². The van der Waals surface area contributed by atoms with Gasteiger partial charge in [-0.3, -0.25) is 4.79 Å². The van der Waals surface area contributed by atoms with Crippen molar-refractivity contribution in [3.63, 3.8) is 0 Å². The Hall–Kier alpha value is -2.40. The number of carbonyl (C=O) groups excluding carboxylic acids is 1. The molecule has 3 rings (SSSR count). The van der Waals surface area contributed by atoms with Gasteiger partial charge in [0.05, 0.1) is 6.42 Å². The van der Waals surface area contributed by atoms with Crippen LogP contribution in [0.5, 0.6) is 5.75 Å². The molecule has 0 N–H and O–H groups in total. The molecule has 106 valence electrons. The molecule has 0 saturated carbocycles. The molecule has 0 aliphatic rings. The summed E-state index contributed by atoms with van der Waals surface area (Å²) in [4.78, 5) is 23.0. The van der Waals surface area contributed by atoms with Crippen molar-refractivity contribution < 1.29 is 13.9 Å². The van der Waals surface area contributed by atoms with E-state index in [-0.39, 0.29) is 5.97 Å². The lowest BCUT2D eigenvalue weighted by atomic mass is 10.2. The zero-order chi connectivity index (χ0) is 14.7. The first-order valence-electron chi connectivity index (χ1n) is 6.46. The topological polar surface area (TPSA) is 56.5 Å². The van der Waals surface area contributed by atoms with Gasteiger partial charge in [0.15, 0.2) is 0 Å². The Morgan fingerprint density at radius 1 is 1.19 bits per heavy atom. The molecular weight excluding hydrogens is 288 g/mol. The number of aryl methyl sites for hydroxylation is 1. The van der Waals surface area contributed by atoms with Gasteiger partial charge >= 0.3 is 11.6 Å². The van der Waals surface area contributed by atoms with E-state index >= 15 is 0 Å². The second-order valence-corrected chi connectivity index (χ2v) is 5.34. The summed E-state index contributed by atoms with van der Waals surface area (Å²) in [5.74, 6) is 0.0750. The van der Waals surface area contributed by atoms with Gasteiger partial charge < -0.3 is 9.15 Å². The minimum atomic E-state index is -0.427. The largest absolute Gasteiger partial charge is 0.426 e. The maximum absolute atomic E-state index is 11.8. The highest BCUT2D eigenvalue weighted by Crippen LogP contribution is 2.20. The third kappa shape index (κ3) is 3.38. The molecule has 5 heteroatoms. The third-order valence-corrected chi connectivity index (χ3v) is 3.76. The fourth-order valence-electron chi connectivity index (χ4n) is 1.97. The van der Waals surface area contributed by atoms with Crippen LogP contribution in [0.4, 0.5) is 0 Å². The summed E-state index contributed by atoms with van der Waals surface area (Å²) in [5.41, 5.74) is 1.11. The summed E-state index contributed by atoms with van der Waals surface area (Å²) in [5, 5.41) is 4.77. The second-order valence-electron chi connectivity index (χ2n) is 4.56. The number of thiophene rings is 1. The van der Waals surface area contributed by atoms with E-state index in [1.807, 2.05) is 16.8 Å². The van der Waals surface area contributed by atoms with E-state index in [1.165, 1.54) is 6.07 Å². The number of benzene rings is 1. The number of ether oxygens (including phenoxy) is 1. The number of hydrogen-bond acceptors (Lipinski definition) is 5. The first-order valence-corrected chi connectivity index (χ1v) is 7.41. The maximum atomic E-state index is 11.8. The number of fused-ring (bicyclic) bond motifs is 1. The first-order chi connectivity index (χ1) is 10.2. The molecule has 0 atom stereocenters. The number of rotatable bonds is 4. The van der Waals surface area contributed by atoms with Crippen molar-refractivity contribution in [3.8, 4) is 5.75 Å². The minimum absolute atomic E-state index is 0.307. The Morgan fingerprint density at radius 2 is 2.05 bits per heavy atom. The molecule has 0 spiro atoms. The molecule has 2 heterocycles. The van der Waals surface area contributed by atoms with E-state index in [2.05, 4.69) is 0 Å². The van der Waals surface area contributed by atoms with E-state index in [4.69, 9.17) is 9.15 Å². The summed E-state index contributed by atoms with van der Waals surface area (Å²) in [6.45, 7) is 0. The highest BCUT2D eigenvalue weighted by Gasteiger charge is 2.07. The number of carbonyl (C=O) groups is 1. The summed E-state index contributed by atoms with van der Waals surface area (Å²) in [6.07, 6.45) is 0.971. The Labute approximate surface area is 124 Å². The third-order valence-electron chi connectivity index (χ3n) is 3.02. The van der Waals surface area contributed by atoms with Gasteiger partial charge in [-0.2, -0.15) is 11.3 Å². The molecular formula is C16H12O4S. The Balaban J connectivity index is 1.69. The van der Waals surface area contributed by atoms with Crippen molar-refractivity contribution in [1.29, 1.82) is 0 Å². The molecule has 1 aromatic carbocycles. The van der Waals surface area contributed by atoms with Crippen molar-refractivity contribution in [2.75, 3.05) is 0 Å². The van der Waals surface area contributed by atoms with Crippen LogP contribution in [0.15, 0.2) is 56.4 Å². The quantitative estimate of drug-likeness (QED) is 0.421. The molecule has 0 unspecified atom stereocenters. The lowest BCUT2D eigenvalue weighted by Gasteiger charge is -2.04. The number of esters is 1. The Morgan fingerprint density at radius 3 is 2.86 bits per heavy atom. The molecule has 3 aromatic rings. The van der Waals surface area contributed by atoms with Gasteiger partial charge in [-0.15, -0.1) is 0 Å². The number of hydrogen-bond donors (Lipinski definition) is 0. The van der Waals surface area contributed by atoms with Gasteiger partial charge in [0.1, 0.15) is 11.3 Å². The molecule has 4 nitrogen and oxygen atoms in total. The predicted octanol–water partition coefficient (Wildman–Crippen LogP) is 3.39. The summed E-state index contributed by atoms with van der Waals surface area (Å²) >= 11 is 1.60. The van der Waals surface area contributed by atoms with Crippen LogP contribution < -0.4 is 10.4 Å². The zero-order valence-corrected chi connectivity index (χ0v) is 11.9. The highest BCUT2D eigenvalue weighted by molar-refractivity contribution is 7.07. The first kappa shape index (κ1) is 13.6. The molecule has 2 aromatic heterocycles. The average Bonchev–Trinajstić information content (AvgIpc) is 2.98. The van der Waals surface area contributed by atoms with E-state index in [9.17, 15) is 9.59 Å². The van der Waals surface area contributed by atoms with Crippen molar-refractivity contribution in [3.05, 3.63) is 63.1 Å². The standard InChI is InChI=1S/C16H12O4S/c17-15(5-1-11-7-8-21-10-11)19-13-4-2-12-3-6-16(18)20-14(12)9-13/h2-4,6-10H,1,5H2. The van der Waals surface area contributed by atoms with Gasteiger partial charge in [0.2, 0.25) is 0 Å². The van der Waals surface area contributed by atoms with E-state index in [1.54, 1.807) is 35.6 Å². The van der Waals surface area contributed by atoms with Crippen LogP contribution in [-0.2, 0) is 11.2 Å². The monoisotopic (exact) mass is 300 g/mol. The fraction of sp³-hybridized carbons (Fsp3) is 0.125. The van der Waals surface area contributed by atoms with Gasteiger partial charge in [-0.1, -0.05) is 0 Å². The fourth-order valence-corrected chi connectivity index (χ4v) is 2.67. The summed E-state index contributed by atoms with van der Waals surface area (Å²) in [6, 6.07) is 10.0. The zero-order valence-electron chi connectivity index (χ0n) is 11.1. The van der Waals surface area contributed by atoms with Crippen LogP contribution in [0.3, 0.4) is 0 Å². The van der Waals surface area contributed by atoms with Crippen molar-refractivity contribution in [2.45, 2.75) is 12.8 Å². The Bertz CT molecular complexity index is 818. The smallest absolute Gasteiger partial charge is 0.336 e. The van der Waals surface area contributed by atoms with E-state index in [0.717, 1.165) is 10.9 Å². The van der Waals surface area contributed by atoms with Gasteiger partial charge in [-0.25, -0.2) is 4.79 Å². The van der Waals surface area contributed by atoms with Crippen LogP contribution in [0.25, 0.3) is 11.0 Å². The molecule has 0 bridgehead atoms. The molecule has 0 aliphatic heterocycles. The van der Waals surface area contributed by atoms with Gasteiger partial charge in [-0.05, 0) is 47.0 Å². The van der Waals surface area contributed by atoms with Crippen LogP contribution >= 0.6 is 11.3 Å². The van der Waals surface area contributed by atoms with E-state index in [0.29, 0.717) is 24.2 Å². The highest BCUT2D eigenvalue weighted by atomic mass is 32.1. The van der Waals surface area contributed by atoms with Crippen molar-refractivity contribution in [2.24, 2.45) is 0 Å². The molecule has 0 amide bonds. The SMILES string of the molecule is O=C(CCc1ccsc1)Oc1ccc2ccc(=O)oc2c1.